The predicted octanol–water partition coefficient (Wildman–Crippen LogP) is 1.26. The van der Waals surface area contributed by atoms with Gasteiger partial charge in [-0.3, -0.25) is 0 Å². The number of para-hydroxylation sites is 1. The van der Waals surface area contributed by atoms with Gasteiger partial charge < -0.3 is 13.7 Å². The van der Waals surface area contributed by atoms with Crippen molar-refractivity contribution >= 4 is 16.1 Å². The van der Waals surface area contributed by atoms with E-state index in [1.165, 1.54) is 12.3 Å². The zero-order chi connectivity index (χ0) is 10.2. The minimum Gasteiger partial charge on any atom is -0.359 e. The smallest absolute Gasteiger partial charge is 0.359 e. The van der Waals surface area contributed by atoms with E-state index in [0.717, 1.165) is 0 Å². The van der Waals surface area contributed by atoms with Crippen LogP contribution in [0.4, 0.5) is 5.69 Å². The van der Waals surface area contributed by atoms with Crippen molar-refractivity contribution in [3.05, 3.63) is 31.0 Å². The monoisotopic (exact) mass is 213 g/mol. The zero-order valence-corrected chi connectivity index (χ0v) is 7.87. The van der Waals surface area contributed by atoms with Gasteiger partial charge in [-0.25, -0.2) is 0 Å². The second-order valence-corrected chi connectivity index (χ2v) is 3.71. The van der Waals surface area contributed by atoms with E-state index >= 15 is 0 Å². The van der Waals surface area contributed by atoms with Crippen molar-refractivity contribution in [2.24, 2.45) is 0 Å². The van der Waals surface area contributed by atoms with Crippen LogP contribution in [0.15, 0.2) is 31.0 Å². The van der Waals surface area contributed by atoms with Crippen LogP contribution in [0.1, 0.15) is 0 Å². The Morgan fingerprint density at radius 3 is 2.86 bits per heavy atom. The molecule has 0 spiro atoms. The average Bonchev–Trinajstić information content (AvgIpc) is 2.41. The van der Waals surface area contributed by atoms with Crippen molar-refractivity contribution in [2.75, 3.05) is 5.32 Å². The summed E-state index contributed by atoms with van der Waals surface area (Å²) in [5.41, 5.74) is 0.499. The van der Waals surface area contributed by atoms with Crippen LogP contribution < -0.4 is 13.7 Å². The normalized spacial score (nSPS) is 16.3. The largest absolute Gasteiger partial charge is 0.501 e. The van der Waals surface area contributed by atoms with Gasteiger partial charge in [0, 0.05) is 0 Å². The van der Waals surface area contributed by atoms with Crippen molar-refractivity contribution in [3.8, 4) is 11.5 Å². The molecule has 0 unspecified atom stereocenters. The number of nitrogens with one attached hydrogen (secondary N) is 1. The molecule has 0 bridgehead atoms. The molecule has 0 aliphatic carbocycles. The van der Waals surface area contributed by atoms with Crippen molar-refractivity contribution in [1.82, 2.24) is 0 Å². The molecule has 0 atom stereocenters. The molecule has 2 rings (SSSR count). The lowest BCUT2D eigenvalue weighted by atomic mass is 10.3. The molecule has 1 aliphatic rings. The average molecular weight is 213 g/mol. The van der Waals surface area contributed by atoms with Gasteiger partial charge in [0.15, 0.2) is 5.75 Å². The number of anilines is 1. The highest BCUT2D eigenvalue weighted by molar-refractivity contribution is 7.82. The summed E-state index contributed by atoms with van der Waals surface area (Å²) in [7, 11) is -3.92. The van der Waals surface area contributed by atoms with Gasteiger partial charge in [0.2, 0.25) is 5.75 Å². The molecule has 1 aromatic carbocycles. The van der Waals surface area contributed by atoms with Crippen molar-refractivity contribution in [1.29, 1.82) is 0 Å². The van der Waals surface area contributed by atoms with E-state index in [0.29, 0.717) is 5.69 Å². The van der Waals surface area contributed by atoms with Gasteiger partial charge in [-0.05, 0) is 18.3 Å². The zero-order valence-electron chi connectivity index (χ0n) is 7.06. The van der Waals surface area contributed by atoms with Crippen LogP contribution in [0.25, 0.3) is 0 Å². The van der Waals surface area contributed by atoms with Crippen molar-refractivity contribution in [2.45, 2.75) is 0 Å². The first-order valence-electron chi connectivity index (χ1n) is 3.77. The molecule has 14 heavy (non-hydrogen) atoms. The van der Waals surface area contributed by atoms with Crippen molar-refractivity contribution < 1.29 is 16.8 Å². The molecule has 5 nitrogen and oxygen atoms in total. The molecule has 0 saturated heterocycles. The van der Waals surface area contributed by atoms with Gasteiger partial charge in [-0.2, -0.15) is 0 Å². The third-order valence-corrected chi connectivity index (χ3v) is 2.37. The molecule has 1 heterocycles. The lowest BCUT2D eigenvalue weighted by molar-refractivity contribution is 0.437. The Kier molecular flexibility index (Phi) is 1.85. The molecule has 0 saturated carbocycles. The van der Waals surface area contributed by atoms with Crippen LogP contribution >= 0.6 is 0 Å². The number of rotatable bonds is 2. The fourth-order valence-electron chi connectivity index (χ4n) is 1.12. The van der Waals surface area contributed by atoms with Crippen molar-refractivity contribution in [3.63, 3.8) is 0 Å². The van der Waals surface area contributed by atoms with Crippen LogP contribution in [0.2, 0.25) is 0 Å². The Labute approximate surface area is 81.3 Å². The SMILES string of the molecule is C=CNc1cccc2c1OS(=O)(=O)O2. The van der Waals surface area contributed by atoms with Gasteiger partial charge in [0.05, 0.1) is 5.69 Å². The van der Waals surface area contributed by atoms with Crippen LogP contribution in [0, 0.1) is 0 Å². The van der Waals surface area contributed by atoms with Gasteiger partial charge in [0.1, 0.15) is 0 Å². The number of fused-ring (bicyclic) bond motifs is 1. The second kappa shape index (κ2) is 2.91. The summed E-state index contributed by atoms with van der Waals surface area (Å²) in [5, 5.41) is 2.74. The Balaban J connectivity index is 2.51. The first-order valence-corrected chi connectivity index (χ1v) is 5.10. The Bertz CT molecular complexity index is 480. The molecular weight excluding hydrogens is 206 g/mol. The summed E-state index contributed by atoms with van der Waals surface area (Å²) in [4.78, 5) is 0. The Morgan fingerprint density at radius 2 is 2.14 bits per heavy atom. The van der Waals surface area contributed by atoms with E-state index in [1.807, 2.05) is 0 Å². The predicted molar refractivity (Wildman–Crippen MR) is 50.4 cm³/mol. The lowest BCUT2D eigenvalue weighted by Crippen LogP contribution is -2.08. The van der Waals surface area contributed by atoms with Crippen LogP contribution in [-0.2, 0) is 10.4 Å². The van der Waals surface area contributed by atoms with Crippen LogP contribution in [0.5, 0.6) is 11.5 Å². The van der Waals surface area contributed by atoms with E-state index < -0.39 is 10.4 Å². The first kappa shape index (κ1) is 8.89. The summed E-state index contributed by atoms with van der Waals surface area (Å²) >= 11 is 0. The maximum Gasteiger partial charge on any atom is 0.501 e. The standard InChI is InChI=1S/C8H7NO4S/c1-2-9-6-4-3-5-7-8(6)13-14(10,11)12-7/h2-5,9H,1H2. The lowest BCUT2D eigenvalue weighted by Gasteiger charge is -2.01. The Hall–Kier alpha value is -1.69. The number of benzene rings is 1. The maximum atomic E-state index is 10.9. The fraction of sp³-hybridized carbons (Fsp3) is 0. The van der Waals surface area contributed by atoms with Crippen LogP contribution in [-0.4, -0.2) is 8.42 Å². The molecule has 1 N–H and O–H groups in total. The summed E-state index contributed by atoms with van der Waals surface area (Å²) in [5.74, 6) is 0.337. The highest BCUT2D eigenvalue weighted by Gasteiger charge is 2.30. The summed E-state index contributed by atoms with van der Waals surface area (Å²) in [6.07, 6.45) is 1.42. The summed E-state index contributed by atoms with van der Waals surface area (Å²) < 4.78 is 31.1. The maximum absolute atomic E-state index is 10.9. The van der Waals surface area contributed by atoms with E-state index in [9.17, 15) is 8.42 Å². The highest BCUT2D eigenvalue weighted by Crippen LogP contribution is 2.41. The quantitative estimate of drug-likeness (QED) is 0.801. The fourth-order valence-corrected chi connectivity index (χ4v) is 1.88. The molecule has 0 amide bonds. The molecule has 0 aromatic heterocycles. The molecular formula is C8H7NO4S. The molecule has 1 aromatic rings. The Morgan fingerprint density at radius 1 is 1.36 bits per heavy atom. The van der Waals surface area contributed by atoms with Gasteiger partial charge in [-0.15, -0.1) is 8.42 Å². The molecule has 1 aliphatic heterocycles. The number of hydrogen-bond acceptors (Lipinski definition) is 5. The summed E-state index contributed by atoms with van der Waals surface area (Å²) in [6, 6.07) is 4.81. The molecule has 0 fully saturated rings. The topological polar surface area (TPSA) is 64.6 Å². The molecule has 6 heteroatoms. The van der Waals surface area contributed by atoms with Gasteiger partial charge in [0.25, 0.3) is 0 Å². The number of hydrogen-bond donors (Lipinski definition) is 1. The minimum absolute atomic E-state index is 0.160. The van der Waals surface area contributed by atoms with E-state index in [1.54, 1.807) is 12.1 Å². The second-order valence-electron chi connectivity index (χ2n) is 2.56. The van der Waals surface area contributed by atoms with E-state index in [4.69, 9.17) is 0 Å². The van der Waals surface area contributed by atoms with E-state index in [2.05, 4.69) is 20.3 Å². The molecule has 0 radical (unpaired) electrons. The minimum atomic E-state index is -3.92. The molecule has 74 valence electrons. The first-order chi connectivity index (χ1) is 6.62. The van der Waals surface area contributed by atoms with E-state index in [-0.39, 0.29) is 11.5 Å². The third-order valence-electron chi connectivity index (χ3n) is 1.61. The van der Waals surface area contributed by atoms with Gasteiger partial charge in [-0.1, -0.05) is 12.6 Å². The van der Waals surface area contributed by atoms with Crippen LogP contribution in [0.3, 0.4) is 0 Å². The highest BCUT2D eigenvalue weighted by atomic mass is 32.3. The third kappa shape index (κ3) is 1.39. The summed E-state index contributed by atoms with van der Waals surface area (Å²) in [6.45, 7) is 3.46. The van der Waals surface area contributed by atoms with Gasteiger partial charge >= 0.3 is 10.4 Å².